The molecule has 3 amide bonds. The van der Waals surface area contributed by atoms with Gasteiger partial charge in [0, 0.05) is 13.1 Å². The van der Waals surface area contributed by atoms with Crippen LogP contribution in [0.15, 0.2) is 0 Å². The van der Waals surface area contributed by atoms with Gasteiger partial charge in [0.1, 0.15) is 5.54 Å². The number of hydrogen-bond acceptors (Lipinski definition) is 3. The molecule has 0 aromatic heterocycles. The molecule has 0 aromatic rings. The van der Waals surface area contributed by atoms with Crippen molar-refractivity contribution in [1.82, 2.24) is 15.5 Å². The number of urea groups is 1. The van der Waals surface area contributed by atoms with Gasteiger partial charge in [0.05, 0.1) is 6.54 Å². The van der Waals surface area contributed by atoms with Crippen LogP contribution in [0.3, 0.4) is 0 Å². The van der Waals surface area contributed by atoms with Gasteiger partial charge in [0.2, 0.25) is 5.91 Å². The number of hydrogen-bond donors (Lipinski definition) is 3. The monoisotopic (exact) mass is 271 g/mol. The predicted molar refractivity (Wildman–Crippen MR) is 68.7 cm³/mol. The third-order valence-electron chi connectivity index (χ3n) is 3.43. The van der Waals surface area contributed by atoms with Crippen molar-refractivity contribution in [2.45, 2.75) is 38.6 Å². The van der Waals surface area contributed by atoms with Crippen LogP contribution in [-0.4, -0.2) is 53.1 Å². The molecule has 3 N–H and O–H groups in total. The van der Waals surface area contributed by atoms with Gasteiger partial charge >= 0.3 is 12.0 Å². The fourth-order valence-corrected chi connectivity index (χ4v) is 1.82. The summed E-state index contributed by atoms with van der Waals surface area (Å²) < 4.78 is 0. The molecule has 1 atom stereocenters. The second kappa shape index (κ2) is 6.40. The summed E-state index contributed by atoms with van der Waals surface area (Å²) in [6.45, 7) is 4.44. The maximum atomic E-state index is 11.7. The van der Waals surface area contributed by atoms with Crippen molar-refractivity contribution in [3.8, 4) is 0 Å². The summed E-state index contributed by atoms with van der Waals surface area (Å²) in [7, 11) is 0. The minimum atomic E-state index is -1.32. The largest absolute Gasteiger partial charge is 0.480 e. The molecule has 1 heterocycles. The summed E-state index contributed by atoms with van der Waals surface area (Å²) in [5, 5.41) is 13.8. The lowest BCUT2D eigenvalue weighted by atomic mass is 10.00. The molecule has 1 saturated heterocycles. The molecule has 0 aromatic carbocycles. The summed E-state index contributed by atoms with van der Waals surface area (Å²) in [5.74, 6) is -1.24. The highest BCUT2D eigenvalue weighted by atomic mass is 16.4. The summed E-state index contributed by atoms with van der Waals surface area (Å²) in [5.41, 5.74) is -1.32. The van der Waals surface area contributed by atoms with Crippen LogP contribution in [0.1, 0.15) is 33.1 Å². The van der Waals surface area contributed by atoms with Crippen molar-refractivity contribution in [2.75, 3.05) is 19.6 Å². The van der Waals surface area contributed by atoms with Crippen molar-refractivity contribution < 1.29 is 19.5 Å². The Hall–Kier alpha value is -1.79. The van der Waals surface area contributed by atoms with Crippen LogP contribution in [0, 0.1) is 0 Å². The summed E-state index contributed by atoms with van der Waals surface area (Å²) in [4.78, 5) is 36.0. The van der Waals surface area contributed by atoms with E-state index in [1.165, 1.54) is 6.92 Å². The highest BCUT2D eigenvalue weighted by Crippen LogP contribution is 2.09. The van der Waals surface area contributed by atoms with E-state index in [-0.39, 0.29) is 18.9 Å². The molecule has 108 valence electrons. The maximum absolute atomic E-state index is 11.7. The lowest BCUT2D eigenvalue weighted by molar-refractivity contribution is -0.143. The van der Waals surface area contributed by atoms with Gasteiger partial charge in [-0.3, -0.25) is 4.79 Å². The van der Waals surface area contributed by atoms with Crippen LogP contribution in [0.25, 0.3) is 0 Å². The molecule has 1 rings (SSSR count). The minimum absolute atomic E-state index is 0.106. The second-order valence-corrected chi connectivity index (χ2v) is 4.89. The lowest BCUT2D eigenvalue weighted by Crippen LogP contribution is -2.55. The maximum Gasteiger partial charge on any atom is 0.329 e. The zero-order chi connectivity index (χ0) is 14.5. The highest BCUT2D eigenvalue weighted by Gasteiger charge is 2.32. The molecule has 0 spiro atoms. The Kier molecular flexibility index (Phi) is 5.14. The van der Waals surface area contributed by atoms with E-state index in [1.807, 2.05) is 0 Å². The SMILES string of the molecule is CCC(C)(NC(=O)NCC(=O)N1CCCC1)C(=O)O. The Bertz CT molecular complexity index is 366. The number of nitrogens with one attached hydrogen (secondary N) is 2. The van der Waals surface area contributed by atoms with Crippen LogP contribution in [-0.2, 0) is 9.59 Å². The molecule has 0 bridgehead atoms. The molecule has 0 saturated carbocycles. The quantitative estimate of drug-likeness (QED) is 0.663. The zero-order valence-electron chi connectivity index (χ0n) is 11.4. The first-order valence-electron chi connectivity index (χ1n) is 6.46. The number of carboxylic acid groups (broad SMARTS) is 1. The fraction of sp³-hybridized carbons (Fsp3) is 0.750. The van der Waals surface area contributed by atoms with Crippen LogP contribution in [0.5, 0.6) is 0 Å². The van der Waals surface area contributed by atoms with Crippen molar-refractivity contribution in [1.29, 1.82) is 0 Å². The zero-order valence-corrected chi connectivity index (χ0v) is 11.4. The molecule has 0 radical (unpaired) electrons. The number of carboxylic acids is 1. The van der Waals surface area contributed by atoms with E-state index < -0.39 is 17.5 Å². The first kappa shape index (κ1) is 15.3. The Labute approximate surface area is 112 Å². The molecule has 1 aliphatic heterocycles. The molecule has 1 aliphatic rings. The Morgan fingerprint density at radius 1 is 1.26 bits per heavy atom. The molecule has 0 aliphatic carbocycles. The van der Waals surface area contributed by atoms with Gasteiger partial charge in [-0.05, 0) is 26.2 Å². The van der Waals surface area contributed by atoms with E-state index in [0.29, 0.717) is 0 Å². The highest BCUT2D eigenvalue weighted by molar-refractivity contribution is 5.88. The first-order valence-corrected chi connectivity index (χ1v) is 6.46. The van der Waals surface area contributed by atoms with Gasteiger partial charge in [-0.15, -0.1) is 0 Å². The number of aliphatic carboxylic acids is 1. The third-order valence-corrected chi connectivity index (χ3v) is 3.43. The Morgan fingerprint density at radius 3 is 2.32 bits per heavy atom. The van der Waals surface area contributed by atoms with E-state index in [0.717, 1.165) is 25.9 Å². The van der Waals surface area contributed by atoms with Gasteiger partial charge in [0.15, 0.2) is 0 Å². The summed E-state index contributed by atoms with van der Waals surface area (Å²) >= 11 is 0. The number of amides is 3. The van der Waals surface area contributed by atoms with E-state index >= 15 is 0 Å². The summed E-state index contributed by atoms with van der Waals surface area (Å²) in [6, 6.07) is -0.640. The van der Waals surface area contributed by atoms with E-state index in [2.05, 4.69) is 10.6 Å². The molecule has 7 heteroatoms. The standard InChI is InChI=1S/C12H21N3O4/c1-3-12(2,10(17)18)14-11(19)13-8-9(16)15-6-4-5-7-15/h3-8H2,1-2H3,(H,17,18)(H2,13,14,19). The number of carbonyl (C=O) groups is 3. The molecule has 19 heavy (non-hydrogen) atoms. The van der Waals surface area contributed by atoms with Crippen molar-refractivity contribution in [2.24, 2.45) is 0 Å². The van der Waals surface area contributed by atoms with Crippen LogP contribution < -0.4 is 10.6 Å². The Morgan fingerprint density at radius 2 is 1.84 bits per heavy atom. The minimum Gasteiger partial charge on any atom is -0.480 e. The first-order chi connectivity index (χ1) is 8.89. The number of likely N-dealkylation sites (tertiary alicyclic amines) is 1. The van der Waals surface area contributed by atoms with Gasteiger partial charge in [-0.25, -0.2) is 9.59 Å². The van der Waals surface area contributed by atoms with Gasteiger partial charge in [-0.1, -0.05) is 6.92 Å². The van der Waals surface area contributed by atoms with E-state index in [9.17, 15) is 14.4 Å². The number of rotatable bonds is 5. The molecule has 7 nitrogen and oxygen atoms in total. The van der Waals surface area contributed by atoms with Gasteiger partial charge in [-0.2, -0.15) is 0 Å². The molecule has 1 unspecified atom stereocenters. The number of carbonyl (C=O) groups excluding carboxylic acids is 2. The van der Waals surface area contributed by atoms with Crippen molar-refractivity contribution in [3.63, 3.8) is 0 Å². The van der Waals surface area contributed by atoms with Gasteiger partial charge < -0.3 is 20.6 Å². The van der Waals surface area contributed by atoms with Crippen LogP contribution >= 0.6 is 0 Å². The van der Waals surface area contributed by atoms with Crippen LogP contribution in [0.4, 0.5) is 4.79 Å². The topological polar surface area (TPSA) is 98.7 Å². The normalized spacial score (nSPS) is 17.7. The summed E-state index contributed by atoms with van der Waals surface area (Å²) in [6.07, 6.45) is 2.24. The van der Waals surface area contributed by atoms with Crippen LogP contribution in [0.2, 0.25) is 0 Å². The average Bonchev–Trinajstić information content (AvgIpc) is 2.89. The van der Waals surface area contributed by atoms with E-state index in [1.54, 1.807) is 11.8 Å². The van der Waals surface area contributed by atoms with Gasteiger partial charge in [0.25, 0.3) is 0 Å². The smallest absolute Gasteiger partial charge is 0.329 e. The fourth-order valence-electron chi connectivity index (χ4n) is 1.82. The predicted octanol–water partition coefficient (Wildman–Crippen LogP) is 0.161. The molecular weight excluding hydrogens is 250 g/mol. The van der Waals surface area contributed by atoms with E-state index in [4.69, 9.17) is 5.11 Å². The third kappa shape index (κ3) is 4.11. The average molecular weight is 271 g/mol. The lowest BCUT2D eigenvalue weighted by Gasteiger charge is -2.25. The van der Waals surface area contributed by atoms with Crippen molar-refractivity contribution >= 4 is 17.9 Å². The molecule has 1 fully saturated rings. The second-order valence-electron chi connectivity index (χ2n) is 4.89. The number of nitrogens with zero attached hydrogens (tertiary/aromatic N) is 1. The molecular formula is C12H21N3O4. The Balaban J connectivity index is 2.38. The van der Waals surface area contributed by atoms with Crippen molar-refractivity contribution in [3.05, 3.63) is 0 Å².